The lowest BCUT2D eigenvalue weighted by atomic mass is 10.1. The van der Waals surface area contributed by atoms with E-state index >= 15 is 0 Å². The number of rotatable bonds is 5. The molecule has 21 heavy (non-hydrogen) atoms. The maximum absolute atomic E-state index is 12.6. The van der Waals surface area contributed by atoms with E-state index in [-0.39, 0.29) is 18.1 Å². The number of amides is 1. The SMILES string of the molecule is CCCNc1ccc(Cl)c(C(=O)N(C)C2CCOC2C)n1. The Morgan fingerprint density at radius 3 is 2.95 bits per heavy atom. The molecule has 1 aromatic heterocycles. The van der Waals surface area contributed by atoms with E-state index in [9.17, 15) is 4.79 Å². The van der Waals surface area contributed by atoms with Crippen molar-refractivity contribution in [3.8, 4) is 0 Å². The minimum absolute atomic E-state index is 0.0409. The summed E-state index contributed by atoms with van der Waals surface area (Å²) in [5, 5.41) is 3.54. The molecule has 0 radical (unpaired) electrons. The monoisotopic (exact) mass is 311 g/mol. The number of hydrogen-bond donors (Lipinski definition) is 1. The fraction of sp³-hybridized carbons (Fsp3) is 0.600. The average Bonchev–Trinajstić information content (AvgIpc) is 2.91. The van der Waals surface area contributed by atoms with Gasteiger partial charge in [0.1, 0.15) is 11.5 Å². The van der Waals surface area contributed by atoms with E-state index in [0.29, 0.717) is 23.1 Å². The van der Waals surface area contributed by atoms with Gasteiger partial charge >= 0.3 is 0 Å². The van der Waals surface area contributed by atoms with Crippen molar-refractivity contribution in [2.75, 3.05) is 25.5 Å². The van der Waals surface area contributed by atoms with Crippen LogP contribution >= 0.6 is 11.6 Å². The van der Waals surface area contributed by atoms with Gasteiger partial charge in [0.15, 0.2) is 0 Å². The molecular formula is C15H22ClN3O2. The number of carbonyl (C=O) groups is 1. The van der Waals surface area contributed by atoms with Crippen molar-refractivity contribution in [1.82, 2.24) is 9.88 Å². The summed E-state index contributed by atoms with van der Waals surface area (Å²) in [4.78, 5) is 18.7. The summed E-state index contributed by atoms with van der Waals surface area (Å²) in [6.07, 6.45) is 1.87. The Morgan fingerprint density at radius 2 is 2.33 bits per heavy atom. The van der Waals surface area contributed by atoms with Crippen LogP contribution in [-0.4, -0.2) is 48.1 Å². The number of ether oxygens (including phenoxy) is 1. The number of nitrogens with zero attached hydrogens (tertiary/aromatic N) is 2. The van der Waals surface area contributed by atoms with E-state index in [1.54, 1.807) is 24.1 Å². The van der Waals surface area contributed by atoms with E-state index < -0.39 is 0 Å². The zero-order valence-electron chi connectivity index (χ0n) is 12.7. The molecule has 6 heteroatoms. The first kappa shape index (κ1) is 16.0. The van der Waals surface area contributed by atoms with E-state index in [1.807, 2.05) is 6.92 Å². The molecule has 0 aromatic carbocycles. The molecule has 0 aliphatic carbocycles. The average molecular weight is 312 g/mol. The van der Waals surface area contributed by atoms with Crippen LogP contribution in [0.5, 0.6) is 0 Å². The van der Waals surface area contributed by atoms with Gasteiger partial charge in [0.25, 0.3) is 5.91 Å². The van der Waals surface area contributed by atoms with Crippen LogP contribution in [0.25, 0.3) is 0 Å². The predicted octanol–water partition coefficient (Wildman–Crippen LogP) is 2.81. The third kappa shape index (κ3) is 3.66. The van der Waals surface area contributed by atoms with Gasteiger partial charge < -0.3 is 15.0 Å². The number of anilines is 1. The number of likely N-dealkylation sites (N-methyl/N-ethyl adjacent to an activating group) is 1. The third-order valence-corrected chi connectivity index (χ3v) is 4.06. The smallest absolute Gasteiger partial charge is 0.274 e. The Kier molecular flexibility index (Phi) is 5.42. The first-order valence-electron chi connectivity index (χ1n) is 7.33. The molecule has 0 saturated carbocycles. The summed E-state index contributed by atoms with van der Waals surface area (Å²) in [6, 6.07) is 3.57. The lowest BCUT2D eigenvalue weighted by Gasteiger charge is -2.26. The molecule has 1 aliphatic heterocycles. The molecule has 1 amide bonds. The highest BCUT2D eigenvalue weighted by Gasteiger charge is 2.32. The standard InChI is InChI=1S/C15H22ClN3O2/c1-4-8-17-13-6-5-11(16)14(18-13)15(20)19(3)12-7-9-21-10(12)2/h5-6,10,12H,4,7-9H2,1-3H3,(H,17,18). The van der Waals surface area contributed by atoms with Crippen molar-refractivity contribution in [3.05, 3.63) is 22.8 Å². The van der Waals surface area contributed by atoms with Crippen molar-refractivity contribution < 1.29 is 9.53 Å². The van der Waals surface area contributed by atoms with Gasteiger partial charge in [-0.25, -0.2) is 4.98 Å². The number of halogens is 1. The minimum Gasteiger partial charge on any atom is -0.376 e. The summed E-state index contributed by atoms with van der Waals surface area (Å²) in [5.74, 6) is 0.510. The number of hydrogen-bond acceptors (Lipinski definition) is 4. The Bertz CT molecular complexity index is 510. The summed E-state index contributed by atoms with van der Waals surface area (Å²) in [5.41, 5.74) is 0.291. The van der Waals surface area contributed by atoms with Gasteiger partial charge in [-0.1, -0.05) is 18.5 Å². The van der Waals surface area contributed by atoms with Gasteiger partial charge in [-0.05, 0) is 31.9 Å². The Balaban J connectivity index is 2.17. The van der Waals surface area contributed by atoms with Crippen molar-refractivity contribution in [2.24, 2.45) is 0 Å². The van der Waals surface area contributed by atoms with Crippen LogP contribution in [0, 0.1) is 0 Å². The Labute approximate surface area is 130 Å². The van der Waals surface area contributed by atoms with Gasteiger partial charge in [-0.2, -0.15) is 0 Å². The second-order valence-electron chi connectivity index (χ2n) is 5.30. The van der Waals surface area contributed by atoms with Gasteiger partial charge in [0.2, 0.25) is 0 Å². The fourth-order valence-corrected chi connectivity index (χ4v) is 2.68. The quantitative estimate of drug-likeness (QED) is 0.908. The molecule has 1 aliphatic rings. The fourth-order valence-electron chi connectivity index (χ4n) is 2.49. The first-order chi connectivity index (χ1) is 10.0. The van der Waals surface area contributed by atoms with E-state index in [1.165, 1.54) is 0 Å². The molecule has 2 heterocycles. The van der Waals surface area contributed by atoms with E-state index in [4.69, 9.17) is 16.3 Å². The molecule has 1 fully saturated rings. The molecular weight excluding hydrogens is 290 g/mol. The second-order valence-corrected chi connectivity index (χ2v) is 5.71. The largest absolute Gasteiger partial charge is 0.376 e. The van der Waals surface area contributed by atoms with Crippen LogP contribution in [0.1, 0.15) is 37.2 Å². The molecule has 1 N–H and O–H groups in total. The van der Waals surface area contributed by atoms with Crippen LogP contribution in [0.4, 0.5) is 5.82 Å². The third-order valence-electron chi connectivity index (χ3n) is 3.76. The normalized spacial score (nSPS) is 21.3. The lowest BCUT2D eigenvalue weighted by Crippen LogP contribution is -2.41. The highest BCUT2D eigenvalue weighted by atomic mass is 35.5. The van der Waals surface area contributed by atoms with E-state index in [0.717, 1.165) is 19.4 Å². The summed E-state index contributed by atoms with van der Waals surface area (Å²) < 4.78 is 5.52. The van der Waals surface area contributed by atoms with Crippen molar-refractivity contribution in [1.29, 1.82) is 0 Å². The van der Waals surface area contributed by atoms with Crippen LogP contribution in [0.2, 0.25) is 5.02 Å². The maximum atomic E-state index is 12.6. The van der Waals surface area contributed by atoms with Crippen molar-refractivity contribution in [3.63, 3.8) is 0 Å². The van der Waals surface area contributed by atoms with Gasteiger partial charge in [-0.15, -0.1) is 0 Å². The summed E-state index contributed by atoms with van der Waals surface area (Å²) >= 11 is 6.14. The van der Waals surface area contributed by atoms with Crippen molar-refractivity contribution in [2.45, 2.75) is 38.8 Å². The minimum atomic E-state index is -0.164. The summed E-state index contributed by atoms with van der Waals surface area (Å²) in [6.45, 7) is 5.55. The predicted molar refractivity (Wildman–Crippen MR) is 83.9 cm³/mol. The molecule has 1 saturated heterocycles. The van der Waals surface area contributed by atoms with E-state index in [2.05, 4.69) is 17.2 Å². The molecule has 2 atom stereocenters. The zero-order chi connectivity index (χ0) is 15.4. The number of aromatic nitrogens is 1. The molecule has 0 bridgehead atoms. The van der Waals surface area contributed by atoms with Crippen molar-refractivity contribution >= 4 is 23.3 Å². The number of pyridine rings is 1. The van der Waals surface area contributed by atoms with Crippen LogP contribution in [0.3, 0.4) is 0 Å². The molecule has 116 valence electrons. The molecule has 0 spiro atoms. The number of carbonyl (C=O) groups excluding carboxylic acids is 1. The van der Waals surface area contributed by atoms with Crippen LogP contribution in [0.15, 0.2) is 12.1 Å². The lowest BCUT2D eigenvalue weighted by molar-refractivity contribution is 0.0570. The Hall–Kier alpha value is -1.33. The first-order valence-corrected chi connectivity index (χ1v) is 7.71. The highest BCUT2D eigenvalue weighted by molar-refractivity contribution is 6.33. The molecule has 2 unspecified atom stereocenters. The molecule has 1 aromatic rings. The highest BCUT2D eigenvalue weighted by Crippen LogP contribution is 2.23. The maximum Gasteiger partial charge on any atom is 0.274 e. The van der Waals surface area contributed by atoms with Gasteiger partial charge in [-0.3, -0.25) is 4.79 Å². The summed E-state index contributed by atoms with van der Waals surface area (Å²) in [7, 11) is 1.78. The van der Waals surface area contributed by atoms with Gasteiger partial charge in [0.05, 0.1) is 17.2 Å². The van der Waals surface area contributed by atoms with Crippen LogP contribution < -0.4 is 5.32 Å². The molecule has 2 rings (SSSR count). The second kappa shape index (κ2) is 7.09. The van der Waals surface area contributed by atoms with Gasteiger partial charge in [0, 0.05) is 20.2 Å². The van der Waals surface area contributed by atoms with Crippen LogP contribution in [-0.2, 0) is 4.74 Å². The zero-order valence-corrected chi connectivity index (χ0v) is 13.5. The topological polar surface area (TPSA) is 54.5 Å². The molecule has 5 nitrogen and oxygen atoms in total. The Morgan fingerprint density at radius 1 is 1.57 bits per heavy atom. The number of nitrogens with one attached hydrogen (secondary N) is 1.